The normalized spacial score (nSPS) is 11.3. The summed E-state index contributed by atoms with van der Waals surface area (Å²) >= 11 is 0. The lowest BCUT2D eigenvalue weighted by atomic mass is 10.5. The van der Waals surface area contributed by atoms with Crippen molar-refractivity contribution in [3.8, 4) is 0 Å². The van der Waals surface area contributed by atoms with Crippen LogP contribution in [0.15, 0.2) is 25.3 Å². The lowest BCUT2D eigenvalue weighted by Gasteiger charge is -2.16. The molecule has 0 heterocycles. The SMILES string of the molecule is C=CC(=O)OCC(OCCC)OC(=O)C=C. The molecule has 0 aliphatic heterocycles. The van der Waals surface area contributed by atoms with E-state index in [-0.39, 0.29) is 6.61 Å². The zero-order chi connectivity index (χ0) is 12.4. The number of carbonyl (C=O) groups is 2. The van der Waals surface area contributed by atoms with Crippen molar-refractivity contribution in [2.45, 2.75) is 19.6 Å². The van der Waals surface area contributed by atoms with Gasteiger partial charge in [-0.3, -0.25) is 0 Å². The zero-order valence-electron chi connectivity index (χ0n) is 9.31. The second-order valence-corrected chi connectivity index (χ2v) is 2.78. The predicted octanol–water partition coefficient (Wildman–Crippen LogP) is 1.20. The van der Waals surface area contributed by atoms with Crippen molar-refractivity contribution in [1.29, 1.82) is 0 Å². The van der Waals surface area contributed by atoms with Crippen LogP contribution in [0, 0.1) is 0 Å². The molecule has 1 unspecified atom stereocenters. The summed E-state index contributed by atoms with van der Waals surface area (Å²) in [7, 11) is 0. The molecule has 1 atom stereocenters. The molecule has 0 aromatic heterocycles. The largest absolute Gasteiger partial charge is 0.456 e. The van der Waals surface area contributed by atoms with E-state index in [1.54, 1.807) is 0 Å². The highest BCUT2D eigenvalue weighted by Crippen LogP contribution is 1.99. The maximum absolute atomic E-state index is 10.9. The number of rotatable bonds is 8. The van der Waals surface area contributed by atoms with Crippen molar-refractivity contribution < 1.29 is 23.8 Å². The summed E-state index contributed by atoms with van der Waals surface area (Å²) in [5.74, 6) is -1.23. The fraction of sp³-hybridized carbons (Fsp3) is 0.455. The average Bonchev–Trinajstić information content (AvgIpc) is 2.31. The standard InChI is InChI=1S/C11H16O5/c1-4-7-14-11(16-10(13)6-3)8-15-9(12)5-2/h5-6,11H,2-4,7-8H2,1H3. The summed E-state index contributed by atoms with van der Waals surface area (Å²) < 4.78 is 14.7. The van der Waals surface area contributed by atoms with Crippen molar-refractivity contribution >= 4 is 11.9 Å². The Morgan fingerprint density at radius 1 is 1.25 bits per heavy atom. The smallest absolute Gasteiger partial charge is 0.332 e. The Kier molecular flexibility index (Phi) is 7.79. The number of ether oxygens (including phenoxy) is 3. The molecule has 0 rings (SSSR count). The van der Waals surface area contributed by atoms with Gasteiger partial charge in [-0.15, -0.1) is 0 Å². The molecule has 5 heteroatoms. The summed E-state index contributed by atoms with van der Waals surface area (Å²) in [6, 6.07) is 0. The highest BCUT2D eigenvalue weighted by atomic mass is 16.7. The molecule has 0 saturated heterocycles. The molecule has 16 heavy (non-hydrogen) atoms. The summed E-state index contributed by atoms with van der Waals surface area (Å²) in [6.45, 7) is 8.64. The Hall–Kier alpha value is -1.62. The monoisotopic (exact) mass is 228 g/mol. The van der Waals surface area contributed by atoms with Crippen molar-refractivity contribution in [1.82, 2.24) is 0 Å². The van der Waals surface area contributed by atoms with Gasteiger partial charge in [0.1, 0.15) is 0 Å². The van der Waals surface area contributed by atoms with Crippen LogP contribution in [0.1, 0.15) is 13.3 Å². The van der Waals surface area contributed by atoms with Gasteiger partial charge in [-0.25, -0.2) is 9.59 Å². The quantitative estimate of drug-likeness (QED) is 0.355. The highest BCUT2D eigenvalue weighted by Gasteiger charge is 2.14. The van der Waals surface area contributed by atoms with E-state index in [0.717, 1.165) is 18.6 Å². The van der Waals surface area contributed by atoms with Gasteiger partial charge in [0.2, 0.25) is 6.29 Å². The van der Waals surface area contributed by atoms with Gasteiger partial charge in [0.15, 0.2) is 6.61 Å². The molecule has 0 aromatic rings. The minimum atomic E-state index is -0.908. The molecule has 0 radical (unpaired) electrons. The fourth-order valence-electron chi connectivity index (χ4n) is 0.752. The van der Waals surface area contributed by atoms with Gasteiger partial charge in [-0.1, -0.05) is 20.1 Å². The van der Waals surface area contributed by atoms with Crippen LogP contribution >= 0.6 is 0 Å². The number of hydrogen-bond acceptors (Lipinski definition) is 5. The predicted molar refractivity (Wildman–Crippen MR) is 57.5 cm³/mol. The van der Waals surface area contributed by atoms with E-state index >= 15 is 0 Å². The maximum Gasteiger partial charge on any atom is 0.332 e. The minimum absolute atomic E-state index is 0.162. The van der Waals surface area contributed by atoms with Crippen LogP contribution in [0.25, 0.3) is 0 Å². The Morgan fingerprint density at radius 2 is 1.88 bits per heavy atom. The van der Waals surface area contributed by atoms with E-state index in [1.165, 1.54) is 0 Å². The molecule has 0 aliphatic rings. The van der Waals surface area contributed by atoms with E-state index < -0.39 is 18.2 Å². The number of hydrogen-bond donors (Lipinski definition) is 0. The molecular weight excluding hydrogens is 212 g/mol. The number of carbonyl (C=O) groups excluding carboxylic acids is 2. The summed E-state index contributed by atoms with van der Waals surface area (Å²) in [5.41, 5.74) is 0. The van der Waals surface area contributed by atoms with E-state index in [2.05, 4.69) is 13.2 Å². The van der Waals surface area contributed by atoms with E-state index in [0.29, 0.717) is 6.61 Å². The van der Waals surface area contributed by atoms with Gasteiger partial charge in [0, 0.05) is 12.2 Å². The van der Waals surface area contributed by atoms with Gasteiger partial charge in [-0.2, -0.15) is 0 Å². The van der Waals surface area contributed by atoms with E-state index in [4.69, 9.17) is 14.2 Å². The van der Waals surface area contributed by atoms with E-state index in [9.17, 15) is 9.59 Å². The van der Waals surface area contributed by atoms with Gasteiger partial charge in [0.25, 0.3) is 0 Å². The third-order valence-corrected chi connectivity index (χ3v) is 1.45. The van der Waals surface area contributed by atoms with Crippen LogP contribution in [0.3, 0.4) is 0 Å². The molecule has 90 valence electrons. The van der Waals surface area contributed by atoms with Gasteiger partial charge in [0.05, 0.1) is 6.61 Å². The van der Waals surface area contributed by atoms with Gasteiger partial charge >= 0.3 is 11.9 Å². The molecule has 0 spiro atoms. The lowest BCUT2D eigenvalue weighted by Crippen LogP contribution is -2.27. The molecule has 0 amide bonds. The summed E-state index contributed by atoms with van der Waals surface area (Å²) in [4.78, 5) is 21.7. The zero-order valence-corrected chi connectivity index (χ0v) is 9.31. The molecule has 0 bridgehead atoms. The summed E-state index contributed by atoms with van der Waals surface area (Å²) in [5, 5.41) is 0. The van der Waals surface area contributed by atoms with Crippen molar-refractivity contribution in [2.24, 2.45) is 0 Å². The van der Waals surface area contributed by atoms with Crippen LogP contribution < -0.4 is 0 Å². The molecule has 0 fully saturated rings. The Bertz CT molecular complexity index is 259. The fourth-order valence-corrected chi connectivity index (χ4v) is 0.752. The first-order chi connectivity index (χ1) is 7.63. The topological polar surface area (TPSA) is 61.8 Å². The van der Waals surface area contributed by atoms with Gasteiger partial charge in [-0.05, 0) is 6.42 Å². The Morgan fingerprint density at radius 3 is 2.38 bits per heavy atom. The van der Waals surface area contributed by atoms with Crippen LogP contribution in [0.2, 0.25) is 0 Å². The second-order valence-electron chi connectivity index (χ2n) is 2.78. The van der Waals surface area contributed by atoms with Crippen LogP contribution in [-0.4, -0.2) is 31.4 Å². The van der Waals surface area contributed by atoms with Gasteiger partial charge < -0.3 is 14.2 Å². The Balaban J connectivity index is 4.08. The maximum atomic E-state index is 10.9. The number of esters is 2. The Labute approximate surface area is 94.7 Å². The molecule has 0 N–H and O–H groups in total. The van der Waals surface area contributed by atoms with Crippen molar-refractivity contribution in [2.75, 3.05) is 13.2 Å². The van der Waals surface area contributed by atoms with Crippen LogP contribution in [0.4, 0.5) is 0 Å². The minimum Gasteiger partial charge on any atom is -0.456 e. The van der Waals surface area contributed by atoms with Crippen molar-refractivity contribution in [3.63, 3.8) is 0 Å². The van der Waals surface area contributed by atoms with E-state index in [1.807, 2.05) is 6.92 Å². The molecule has 0 saturated carbocycles. The molecular formula is C11H16O5. The van der Waals surface area contributed by atoms with Crippen molar-refractivity contribution in [3.05, 3.63) is 25.3 Å². The first-order valence-electron chi connectivity index (χ1n) is 4.87. The second kappa shape index (κ2) is 8.67. The van der Waals surface area contributed by atoms with Crippen LogP contribution in [-0.2, 0) is 23.8 Å². The molecule has 0 aromatic carbocycles. The third kappa shape index (κ3) is 6.78. The first kappa shape index (κ1) is 14.4. The molecule has 0 aliphatic carbocycles. The average molecular weight is 228 g/mol. The third-order valence-electron chi connectivity index (χ3n) is 1.45. The van der Waals surface area contributed by atoms with Crippen LogP contribution in [0.5, 0.6) is 0 Å². The first-order valence-corrected chi connectivity index (χ1v) is 4.87. The molecule has 5 nitrogen and oxygen atoms in total. The summed E-state index contributed by atoms with van der Waals surface area (Å²) in [6.07, 6.45) is 1.89. The highest BCUT2D eigenvalue weighted by molar-refractivity contribution is 5.82. The lowest BCUT2D eigenvalue weighted by molar-refractivity contribution is -0.188.